The highest BCUT2D eigenvalue weighted by atomic mass is 35.5. The Bertz CT molecular complexity index is 1470. The van der Waals surface area contributed by atoms with Crippen LogP contribution in [-0.4, -0.2) is 28.6 Å². The molecule has 0 fully saturated rings. The number of aromatic nitrogens is 1. The monoisotopic (exact) mass is 514 g/mol. The molecule has 37 heavy (non-hydrogen) atoms. The molecule has 1 aromatic heterocycles. The van der Waals surface area contributed by atoms with E-state index in [2.05, 4.69) is 10.3 Å². The number of rotatable bonds is 6. The number of fused-ring (bicyclic) bond motifs is 1. The van der Waals surface area contributed by atoms with Gasteiger partial charge in [-0.3, -0.25) is 9.59 Å². The average Bonchev–Trinajstić information content (AvgIpc) is 2.89. The van der Waals surface area contributed by atoms with Crippen LogP contribution in [0, 0.1) is 6.92 Å². The molecule has 0 saturated carbocycles. The molecule has 3 aromatic carbocycles. The molecule has 0 spiro atoms. The number of nitrogens with one attached hydrogen (secondary N) is 1. The number of anilines is 1. The van der Waals surface area contributed by atoms with Gasteiger partial charge in [0.25, 0.3) is 5.91 Å². The molecule has 1 aliphatic rings. The smallest absolute Gasteiger partial charge is 0.311 e. The van der Waals surface area contributed by atoms with Crippen molar-refractivity contribution in [3.05, 3.63) is 101 Å². The Morgan fingerprint density at radius 3 is 2.54 bits per heavy atom. The normalized spacial score (nSPS) is 14.3. The summed E-state index contributed by atoms with van der Waals surface area (Å²) in [5.74, 6) is -0.206. The van der Waals surface area contributed by atoms with Crippen molar-refractivity contribution in [3.63, 3.8) is 0 Å². The van der Waals surface area contributed by atoms with Crippen LogP contribution >= 0.6 is 11.6 Å². The summed E-state index contributed by atoms with van der Waals surface area (Å²) < 4.78 is 11.5. The van der Waals surface area contributed by atoms with Gasteiger partial charge in [-0.2, -0.15) is 0 Å². The van der Waals surface area contributed by atoms with E-state index in [1.54, 1.807) is 42.5 Å². The zero-order valence-corrected chi connectivity index (χ0v) is 20.7. The number of halogens is 1. The van der Waals surface area contributed by atoms with Gasteiger partial charge in [-0.25, -0.2) is 4.98 Å². The number of hydrogen-bond acceptors (Lipinski definition) is 5. The standard InChI is InChI=1S/C29H23ClN2O5/c1-17-5-7-18(8-6-17)24-3-2-4-27(31-24)32-28(33)19-9-11-20(12-10-19)37-26-16-25-22(15-23(26)30)21(29(34)35)13-14-36-25/h2-12,15-16,21H,13-14H2,1H3,(H,34,35)(H,31,32,33). The summed E-state index contributed by atoms with van der Waals surface area (Å²) in [6.45, 7) is 2.33. The van der Waals surface area contributed by atoms with Crippen LogP contribution in [0.15, 0.2) is 78.9 Å². The third kappa shape index (κ3) is 5.42. The number of amides is 1. The minimum absolute atomic E-state index is 0.275. The van der Waals surface area contributed by atoms with Crippen molar-refractivity contribution in [2.24, 2.45) is 0 Å². The number of hydrogen-bond donors (Lipinski definition) is 2. The number of carbonyl (C=O) groups is 2. The van der Waals surface area contributed by atoms with E-state index in [-0.39, 0.29) is 10.9 Å². The molecule has 0 bridgehead atoms. The summed E-state index contributed by atoms with van der Waals surface area (Å²) >= 11 is 6.37. The van der Waals surface area contributed by atoms with Gasteiger partial charge in [0.1, 0.15) is 23.1 Å². The number of carbonyl (C=O) groups excluding carboxylic acids is 1. The Morgan fingerprint density at radius 1 is 1.05 bits per heavy atom. The summed E-state index contributed by atoms with van der Waals surface area (Å²) in [5, 5.41) is 12.6. The summed E-state index contributed by atoms with van der Waals surface area (Å²) in [6.07, 6.45) is 0.383. The molecule has 2 heterocycles. The van der Waals surface area contributed by atoms with Crippen LogP contribution in [0.3, 0.4) is 0 Å². The first kappa shape index (κ1) is 24.3. The van der Waals surface area contributed by atoms with Crippen LogP contribution in [-0.2, 0) is 4.79 Å². The van der Waals surface area contributed by atoms with E-state index in [4.69, 9.17) is 21.1 Å². The first-order valence-corrected chi connectivity index (χ1v) is 12.1. The molecule has 7 nitrogen and oxygen atoms in total. The lowest BCUT2D eigenvalue weighted by Gasteiger charge is -2.24. The van der Waals surface area contributed by atoms with E-state index in [9.17, 15) is 14.7 Å². The number of carboxylic acids is 1. The predicted octanol–water partition coefficient (Wildman–Crippen LogP) is 6.71. The fraction of sp³-hybridized carbons (Fsp3) is 0.138. The maximum Gasteiger partial charge on any atom is 0.311 e. The fourth-order valence-corrected chi connectivity index (χ4v) is 4.31. The Labute approximate surface area is 218 Å². The lowest BCUT2D eigenvalue weighted by atomic mass is 9.93. The second kappa shape index (κ2) is 10.3. The largest absolute Gasteiger partial charge is 0.493 e. The Kier molecular flexibility index (Phi) is 6.79. The molecule has 5 rings (SSSR count). The van der Waals surface area contributed by atoms with Gasteiger partial charge in [-0.15, -0.1) is 0 Å². The highest BCUT2D eigenvalue weighted by Crippen LogP contribution is 2.41. The maximum absolute atomic E-state index is 12.8. The van der Waals surface area contributed by atoms with Crippen LogP contribution in [0.2, 0.25) is 5.02 Å². The van der Waals surface area contributed by atoms with Gasteiger partial charge < -0.3 is 19.9 Å². The molecule has 2 N–H and O–H groups in total. The van der Waals surface area contributed by atoms with Gasteiger partial charge >= 0.3 is 5.97 Å². The number of pyridine rings is 1. The second-order valence-electron chi connectivity index (χ2n) is 8.70. The lowest BCUT2D eigenvalue weighted by Crippen LogP contribution is -2.20. The van der Waals surface area contributed by atoms with E-state index < -0.39 is 11.9 Å². The van der Waals surface area contributed by atoms with Crippen molar-refractivity contribution < 1.29 is 24.2 Å². The number of benzene rings is 3. The van der Waals surface area contributed by atoms with Gasteiger partial charge in [0, 0.05) is 22.8 Å². The summed E-state index contributed by atoms with van der Waals surface area (Å²) in [7, 11) is 0. The lowest BCUT2D eigenvalue weighted by molar-refractivity contribution is -0.139. The summed E-state index contributed by atoms with van der Waals surface area (Å²) in [4.78, 5) is 28.9. The molecular formula is C29H23ClN2O5. The van der Waals surface area contributed by atoms with Crippen molar-refractivity contribution in [2.75, 3.05) is 11.9 Å². The number of ether oxygens (including phenoxy) is 2. The van der Waals surface area contributed by atoms with E-state index in [1.807, 2.05) is 43.3 Å². The van der Waals surface area contributed by atoms with Crippen molar-refractivity contribution in [3.8, 4) is 28.5 Å². The van der Waals surface area contributed by atoms with Crippen LogP contribution in [0.5, 0.6) is 17.2 Å². The molecule has 0 aliphatic carbocycles. The van der Waals surface area contributed by atoms with Gasteiger partial charge in [-0.1, -0.05) is 47.5 Å². The number of carboxylic acid groups (broad SMARTS) is 1. The van der Waals surface area contributed by atoms with Crippen LogP contribution in [0.4, 0.5) is 5.82 Å². The third-order valence-corrected chi connectivity index (χ3v) is 6.38. The molecular weight excluding hydrogens is 492 g/mol. The number of nitrogens with zero attached hydrogens (tertiary/aromatic N) is 1. The van der Waals surface area contributed by atoms with Crippen molar-refractivity contribution >= 4 is 29.3 Å². The summed E-state index contributed by atoms with van der Waals surface area (Å²) in [6, 6.07) is 23.3. The molecule has 1 unspecified atom stereocenters. The topological polar surface area (TPSA) is 97.8 Å². The third-order valence-electron chi connectivity index (χ3n) is 6.08. The molecule has 0 radical (unpaired) electrons. The zero-order valence-electron chi connectivity index (χ0n) is 19.9. The second-order valence-corrected chi connectivity index (χ2v) is 9.11. The highest BCUT2D eigenvalue weighted by molar-refractivity contribution is 6.32. The maximum atomic E-state index is 12.8. The van der Waals surface area contributed by atoms with Gasteiger partial charge in [0.15, 0.2) is 0 Å². The SMILES string of the molecule is Cc1ccc(-c2cccc(NC(=O)c3ccc(Oc4cc5c(cc4Cl)C(C(=O)O)CCO5)cc3)n2)cc1. The first-order valence-electron chi connectivity index (χ1n) is 11.7. The van der Waals surface area contributed by atoms with Crippen molar-refractivity contribution in [2.45, 2.75) is 19.3 Å². The molecule has 1 atom stereocenters. The van der Waals surface area contributed by atoms with Crippen LogP contribution < -0.4 is 14.8 Å². The number of aliphatic carboxylic acids is 1. The molecule has 8 heteroatoms. The Hall–Kier alpha value is -4.36. The van der Waals surface area contributed by atoms with Gasteiger partial charge in [0.05, 0.1) is 23.2 Å². The number of aryl methyl sites for hydroxylation is 1. The van der Waals surface area contributed by atoms with E-state index in [0.717, 1.165) is 16.8 Å². The molecule has 1 aliphatic heterocycles. The van der Waals surface area contributed by atoms with Gasteiger partial charge in [-0.05, 0) is 55.8 Å². The molecule has 0 saturated heterocycles. The molecule has 186 valence electrons. The minimum atomic E-state index is -0.916. The van der Waals surface area contributed by atoms with E-state index in [1.165, 1.54) is 0 Å². The van der Waals surface area contributed by atoms with E-state index in [0.29, 0.717) is 47.2 Å². The fourth-order valence-electron chi connectivity index (χ4n) is 4.10. The van der Waals surface area contributed by atoms with Crippen LogP contribution in [0.25, 0.3) is 11.3 Å². The quantitative estimate of drug-likeness (QED) is 0.297. The highest BCUT2D eigenvalue weighted by Gasteiger charge is 2.29. The van der Waals surface area contributed by atoms with Crippen LogP contribution in [0.1, 0.15) is 33.8 Å². The first-order chi connectivity index (χ1) is 17.9. The van der Waals surface area contributed by atoms with Crippen molar-refractivity contribution in [1.82, 2.24) is 4.98 Å². The average molecular weight is 515 g/mol. The van der Waals surface area contributed by atoms with E-state index >= 15 is 0 Å². The zero-order chi connectivity index (χ0) is 25.9. The molecule has 1 amide bonds. The minimum Gasteiger partial charge on any atom is -0.493 e. The Balaban J connectivity index is 1.28. The Morgan fingerprint density at radius 2 is 1.81 bits per heavy atom. The summed E-state index contributed by atoms with van der Waals surface area (Å²) in [5.41, 5.74) is 3.85. The van der Waals surface area contributed by atoms with Crippen molar-refractivity contribution in [1.29, 1.82) is 0 Å². The predicted molar refractivity (Wildman–Crippen MR) is 141 cm³/mol. The van der Waals surface area contributed by atoms with Gasteiger partial charge in [0.2, 0.25) is 0 Å². The molecule has 4 aromatic rings.